The summed E-state index contributed by atoms with van der Waals surface area (Å²) < 4.78 is 0. The molecular weight excluding hydrogens is 232 g/mol. The van der Waals surface area contributed by atoms with Crippen LogP contribution in [0.4, 0.5) is 5.69 Å². The van der Waals surface area contributed by atoms with E-state index in [4.69, 9.17) is 0 Å². The molecule has 1 fully saturated rings. The van der Waals surface area contributed by atoms with E-state index < -0.39 is 0 Å². The van der Waals surface area contributed by atoms with Gasteiger partial charge in [-0.2, -0.15) is 0 Å². The fourth-order valence-corrected chi connectivity index (χ4v) is 3.53. The topological polar surface area (TPSA) is 15.3 Å². The molecule has 0 radical (unpaired) electrons. The number of rotatable bonds is 4. The van der Waals surface area contributed by atoms with E-state index in [-0.39, 0.29) is 0 Å². The van der Waals surface area contributed by atoms with E-state index in [1.807, 2.05) is 0 Å². The molecule has 0 aliphatic carbocycles. The molecule has 1 saturated heterocycles. The maximum absolute atomic E-state index is 3.30. The van der Waals surface area contributed by atoms with E-state index in [9.17, 15) is 0 Å². The predicted octanol–water partition coefficient (Wildman–Crippen LogP) is 3.58. The zero-order valence-electron chi connectivity index (χ0n) is 12.9. The third-order valence-corrected chi connectivity index (χ3v) is 4.28. The summed E-state index contributed by atoms with van der Waals surface area (Å²) in [6, 6.07) is 5.36. The Hall–Kier alpha value is -1.02. The summed E-state index contributed by atoms with van der Waals surface area (Å²) in [7, 11) is 2.05. The van der Waals surface area contributed by atoms with Crippen LogP contribution < -0.4 is 10.2 Å². The van der Waals surface area contributed by atoms with Gasteiger partial charge in [-0.1, -0.05) is 17.7 Å². The van der Waals surface area contributed by atoms with Crippen molar-refractivity contribution in [2.45, 2.75) is 52.5 Å². The Balaban J connectivity index is 2.26. The number of piperidine rings is 1. The van der Waals surface area contributed by atoms with Crippen LogP contribution in [0.15, 0.2) is 12.1 Å². The Bertz CT molecular complexity index is 402. The molecule has 2 rings (SSSR count). The van der Waals surface area contributed by atoms with E-state index in [0.29, 0.717) is 6.04 Å². The van der Waals surface area contributed by atoms with E-state index in [1.54, 1.807) is 0 Å². The molecule has 1 unspecified atom stereocenters. The van der Waals surface area contributed by atoms with Gasteiger partial charge >= 0.3 is 0 Å². The van der Waals surface area contributed by atoms with E-state index in [1.165, 1.54) is 54.6 Å². The first-order valence-electron chi connectivity index (χ1n) is 7.62. The van der Waals surface area contributed by atoms with Gasteiger partial charge in [0.05, 0.1) is 0 Å². The number of benzene rings is 1. The van der Waals surface area contributed by atoms with Gasteiger partial charge in [0.1, 0.15) is 0 Å². The molecule has 106 valence electrons. The van der Waals surface area contributed by atoms with E-state index in [0.717, 1.165) is 6.54 Å². The van der Waals surface area contributed by atoms with Crippen molar-refractivity contribution in [3.05, 3.63) is 28.8 Å². The lowest BCUT2D eigenvalue weighted by atomic mass is 9.95. The highest BCUT2D eigenvalue weighted by Crippen LogP contribution is 2.32. The number of anilines is 1. The van der Waals surface area contributed by atoms with Crippen molar-refractivity contribution in [1.82, 2.24) is 5.32 Å². The lowest BCUT2D eigenvalue weighted by Crippen LogP contribution is -2.41. The zero-order chi connectivity index (χ0) is 13.8. The highest BCUT2D eigenvalue weighted by molar-refractivity contribution is 5.61. The molecule has 0 spiro atoms. The monoisotopic (exact) mass is 260 g/mol. The molecule has 1 aromatic carbocycles. The fraction of sp³-hybridized carbons (Fsp3) is 0.647. The van der Waals surface area contributed by atoms with Gasteiger partial charge in [0.15, 0.2) is 0 Å². The summed E-state index contributed by atoms with van der Waals surface area (Å²) in [5.41, 5.74) is 5.75. The largest absolute Gasteiger partial charge is 0.368 e. The molecule has 0 bridgehead atoms. The third-order valence-electron chi connectivity index (χ3n) is 4.28. The Morgan fingerprint density at radius 3 is 2.47 bits per heavy atom. The molecule has 1 aliphatic rings. The molecule has 0 aromatic heterocycles. The minimum absolute atomic E-state index is 0.710. The summed E-state index contributed by atoms with van der Waals surface area (Å²) in [6.45, 7) is 9.06. The summed E-state index contributed by atoms with van der Waals surface area (Å²) in [4.78, 5) is 2.67. The highest BCUT2D eigenvalue weighted by Gasteiger charge is 2.24. The average molecular weight is 260 g/mol. The Kier molecular flexibility index (Phi) is 4.87. The Morgan fingerprint density at radius 2 is 1.84 bits per heavy atom. The molecular formula is C17H28N2. The molecule has 1 atom stereocenters. The predicted molar refractivity (Wildman–Crippen MR) is 84.2 cm³/mol. The summed E-state index contributed by atoms with van der Waals surface area (Å²) in [5, 5.41) is 3.30. The number of nitrogens with zero attached hydrogens (tertiary/aromatic N) is 1. The molecule has 1 N–H and O–H groups in total. The van der Waals surface area contributed by atoms with Gasteiger partial charge in [-0.15, -0.1) is 0 Å². The van der Waals surface area contributed by atoms with Crippen LogP contribution in [0.2, 0.25) is 0 Å². The van der Waals surface area contributed by atoms with Crippen LogP contribution >= 0.6 is 0 Å². The smallest absolute Gasteiger partial charge is 0.0428 e. The second-order valence-electron chi connectivity index (χ2n) is 5.98. The van der Waals surface area contributed by atoms with Gasteiger partial charge in [-0.3, -0.25) is 0 Å². The maximum atomic E-state index is 3.30. The van der Waals surface area contributed by atoms with Gasteiger partial charge in [0.2, 0.25) is 0 Å². The minimum Gasteiger partial charge on any atom is -0.368 e. The van der Waals surface area contributed by atoms with Gasteiger partial charge in [0.25, 0.3) is 0 Å². The molecule has 1 aliphatic heterocycles. The van der Waals surface area contributed by atoms with Crippen molar-refractivity contribution in [2.75, 3.05) is 25.0 Å². The normalized spacial score (nSPS) is 19.8. The molecule has 2 nitrogen and oxygen atoms in total. The molecule has 2 heteroatoms. The SMILES string of the molecule is CNCCC1CCCCN1c1c(C)cc(C)cc1C. The van der Waals surface area contributed by atoms with Crippen molar-refractivity contribution in [2.24, 2.45) is 0 Å². The summed E-state index contributed by atoms with van der Waals surface area (Å²) >= 11 is 0. The van der Waals surface area contributed by atoms with Crippen LogP contribution in [-0.2, 0) is 0 Å². The number of nitrogens with one attached hydrogen (secondary N) is 1. The zero-order valence-corrected chi connectivity index (χ0v) is 12.9. The minimum atomic E-state index is 0.710. The maximum Gasteiger partial charge on any atom is 0.0428 e. The second-order valence-corrected chi connectivity index (χ2v) is 5.98. The highest BCUT2D eigenvalue weighted by atomic mass is 15.2. The van der Waals surface area contributed by atoms with Crippen LogP contribution in [0.1, 0.15) is 42.4 Å². The number of hydrogen-bond acceptors (Lipinski definition) is 2. The fourth-order valence-electron chi connectivity index (χ4n) is 3.53. The average Bonchev–Trinajstić information content (AvgIpc) is 2.36. The standard InChI is InChI=1S/C17H28N2/c1-13-11-14(2)17(15(3)12-13)19-10-6-5-7-16(19)8-9-18-4/h11-12,16,18H,5-10H2,1-4H3. The molecule has 19 heavy (non-hydrogen) atoms. The second kappa shape index (κ2) is 6.42. The Labute approximate surface area is 118 Å². The van der Waals surface area contributed by atoms with Crippen molar-refractivity contribution in [1.29, 1.82) is 0 Å². The van der Waals surface area contributed by atoms with Crippen LogP contribution in [-0.4, -0.2) is 26.2 Å². The molecule has 0 saturated carbocycles. The van der Waals surface area contributed by atoms with Gasteiger partial charge in [0, 0.05) is 18.3 Å². The molecule has 1 aromatic rings. The molecule has 0 amide bonds. The van der Waals surface area contributed by atoms with E-state index in [2.05, 4.69) is 50.2 Å². The van der Waals surface area contributed by atoms with E-state index >= 15 is 0 Å². The first-order chi connectivity index (χ1) is 9.13. The van der Waals surface area contributed by atoms with Crippen LogP contribution in [0.5, 0.6) is 0 Å². The lowest BCUT2D eigenvalue weighted by Gasteiger charge is -2.39. The summed E-state index contributed by atoms with van der Waals surface area (Å²) in [6.07, 6.45) is 5.31. The van der Waals surface area contributed by atoms with Crippen LogP contribution in [0.25, 0.3) is 0 Å². The summed E-state index contributed by atoms with van der Waals surface area (Å²) in [5.74, 6) is 0. The first kappa shape index (κ1) is 14.4. The van der Waals surface area contributed by atoms with Gasteiger partial charge in [-0.25, -0.2) is 0 Å². The van der Waals surface area contributed by atoms with Crippen molar-refractivity contribution >= 4 is 5.69 Å². The van der Waals surface area contributed by atoms with Crippen molar-refractivity contribution < 1.29 is 0 Å². The van der Waals surface area contributed by atoms with Crippen LogP contribution in [0, 0.1) is 20.8 Å². The molecule has 1 heterocycles. The van der Waals surface area contributed by atoms with Gasteiger partial charge in [-0.05, 0) is 71.2 Å². The third kappa shape index (κ3) is 3.30. The van der Waals surface area contributed by atoms with Crippen molar-refractivity contribution in [3.8, 4) is 0 Å². The van der Waals surface area contributed by atoms with Crippen LogP contribution in [0.3, 0.4) is 0 Å². The lowest BCUT2D eigenvalue weighted by molar-refractivity contribution is 0.432. The van der Waals surface area contributed by atoms with Crippen molar-refractivity contribution in [3.63, 3.8) is 0 Å². The Morgan fingerprint density at radius 1 is 1.16 bits per heavy atom. The number of aryl methyl sites for hydroxylation is 3. The number of hydrogen-bond donors (Lipinski definition) is 1. The van der Waals surface area contributed by atoms with Gasteiger partial charge < -0.3 is 10.2 Å². The quantitative estimate of drug-likeness (QED) is 0.890. The first-order valence-corrected chi connectivity index (χ1v) is 7.62.